The molecular formula is C18H22N4O3. The third-order valence-corrected chi connectivity index (χ3v) is 3.78. The quantitative estimate of drug-likeness (QED) is 0.764. The first-order valence-corrected chi connectivity index (χ1v) is 8.16. The van der Waals surface area contributed by atoms with Crippen LogP contribution in [0.25, 0.3) is 11.0 Å². The number of para-hydroxylation sites is 1. The molecule has 2 aromatic heterocycles. The van der Waals surface area contributed by atoms with Crippen molar-refractivity contribution in [3.05, 3.63) is 53.2 Å². The number of hydrogen-bond donors (Lipinski definition) is 1. The zero-order chi connectivity index (χ0) is 18.0. The van der Waals surface area contributed by atoms with Crippen molar-refractivity contribution in [2.24, 2.45) is 0 Å². The summed E-state index contributed by atoms with van der Waals surface area (Å²) in [5.41, 5.74) is 0.0548. The molecule has 0 bridgehead atoms. The van der Waals surface area contributed by atoms with E-state index in [0.717, 1.165) is 0 Å². The topological polar surface area (TPSA) is 82.2 Å². The predicted molar refractivity (Wildman–Crippen MR) is 94.7 cm³/mol. The Morgan fingerprint density at radius 1 is 1.24 bits per heavy atom. The molecule has 1 unspecified atom stereocenters. The molecule has 7 heteroatoms. The molecule has 1 atom stereocenters. The molecule has 0 aliphatic carbocycles. The van der Waals surface area contributed by atoms with Crippen molar-refractivity contribution in [3.8, 4) is 5.75 Å². The van der Waals surface area contributed by atoms with Crippen LogP contribution in [0, 0.1) is 0 Å². The highest BCUT2D eigenvalue weighted by molar-refractivity contribution is 5.73. The van der Waals surface area contributed by atoms with E-state index in [-0.39, 0.29) is 24.2 Å². The summed E-state index contributed by atoms with van der Waals surface area (Å²) in [5, 5.41) is 14.9. The van der Waals surface area contributed by atoms with Gasteiger partial charge in [0.25, 0.3) is 5.56 Å². The number of benzene rings is 1. The number of aliphatic hydroxyl groups is 1. The first-order chi connectivity index (χ1) is 11.9. The average Bonchev–Trinajstić information content (AvgIpc) is 3.02. The van der Waals surface area contributed by atoms with Gasteiger partial charge in [0.1, 0.15) is 30.2 Å². The Balaban J connectivity index is 1.76. The number of ether oxygens (including phenoxy) is 1. The van der Waals surface area contributed by atoms with Gasteiger partial charge in [0, 0.05) is 0 Å². The maximum absolute atomic E-state index is 12.6. The number of aromatic nitrogens is 4. The van der Waals surface area contributed by atoms with Gasteiger partial charge in [-0.05, 0) is 32.9 Å². The highest BCUT2D eigenvalue weighted by atomic mass is 16.5. The Hall–Kier alpha value is -2.67. The molecule has 3 rings (SSSR count). The van der Waals surface area contributed by atoms with E-state index in [1.54, 1.807) is 4.68 Å². The zero-order valence-electron chi connectivity index (χ0n) is 14.6. The van der Waals surface area contributed by atoms with Gasteiger partial charge in [-0.25, -0.2) is 9.67 Å². The molecule has 0 aliphatic heterocycles. The summed E-state index contributed by atoms with van der Waals surface area (Å²) in [6.45, 7) is 6.19. The second-order valence-corrected chi connectivity index (χ2v) is 6.94. The molecule has 132 valence electrons. The van der Waals surface area contributed by atoms with E-state index in [2.05, 4.69) is 10.1 Å². The minimum absolute atomic E-state index is 0.0930. The molecule has 0 spiro atoms. The van der Waals surface area contributed by atoms with Crippen LogP contribution in [0.2, 0.25) is 0 Å². The Morgan fingerprint density at radius 2 is 1.96 bits per heavy atom. The molecule has 7 nitrogen and oxygen atoms in total. The fourth-order valence-corrected chi connectivity index (χ4v) is 2.56. The van der Waals surface area contributed by atoms with Crippen molar-refractivity contribution < 1.29 is 9.84 Å². The molecule has 0 radical (unpaired) electrons. The summed E-state index contributed by atoms with van der Waals surface area (Å²) < 4.78 is 8.62. The van der Waals surface area contributed by atoms with Crippen LogP contribution in [0.3, 0.4) is 0 Å². The molecule has 0 aliphatic rings. The van der Waals surface area contributed by atoms with Gasteiger partial charge in [-0.1, -0.05) is 18.2 Å². The fourth-order valence-electron chi connectivity index (χ4n) is 2.56. The van der Waals surface area contributed by atoms with Gasteiger partial charge in [-0.3, -0.25) is 9.36 Å². The Labute approximate surface area is 145 Å². The Kier molecular flexibility index (Phi) is 4.59. The number of hydrogen-bond acceptors (Lipinski definition) is 5. The first-order valence-electron chi connectivity index (χ1n) is 8.16. The third kappa shape index (κ3) is 3.71. The van der Waals surface area contributed by atoms with Gasteiger partial charge in [0.15, 0.2) is 5.65 Å². The standard InChI is InChI=1S/C18H22N4O3/c1-18(2,3)22-16-15(9-20-22)17(24)21(12-19-16)10-13(23)11-25-14-7-5-4-6-8-14/h4-9,12-13,23H,10-11H2,1-3H3. The molecule has 0 saturated heterocycles. The summed E-state index contributed by atoms with van der Waals surface area (Å²) in [4.78, 5) is 16.9. The van der Waals surface area contributed by atoms with Crippen molar-refractivity contribution in [1.82, 2.24) is 19.3 Å². The fraction of sp³-hybridized carbons (Fsp3) is 0.389. The highest BCUT2D eigenvalue weighted by Crippen LogP contribution is 2.17. The normalized spacial score (nSPS) is 13.1. The van der Waals surface area contributed by atoms with Crippen molar-refractivity contribution in [1.29, 1.82) is 0 Å². The maximum Gasteiger partial charge on any atom is 0.264 e. The minimum atomic E-state index is -0.824. The lowest BCUT2D eigenvalue weighted by atomic mass is 10.1. The molecule has 3 aromatic rings. The number of nitrogens with zero attached hydrogens (tertiary/aromatic N) is 4. The lowest BCUT2D eigenvalue weighted by Gasteiger charge is -2.19. The minimum Gasteiger partial charge on any atom is -0.491 e. The third-order valence-electron chi connectivity index (χ3n) is 3.78. The smallest absolute Gasteiger partial charge is 0.264 e. The number of aliphatic hydroxyl groups excluding tert-OH is 1. The molecule has 1 N–H and O–H groups in total. The van der Waals surface area contributed by atoms with Crippen LogP contribution in [-0.2, 0) is 12.1 Å². The summed E-state index contributed by atoms with van der Waals surface area (Å²) in [6, 6.07) is 9.23. The van der Waals surface area contributed by atoms with Gasteiger partial charge in [0.2, 0.25) is 0 Å². The van der Waals surface area contributed by atoms with Crippen LogP contribution in [0.1, 0.15) is 20.8 Å². The van der Waals surface area contributed by atoms with Crippen molar-refractivity contribution in [2.75, 3.05) is 6.61 Å². The van der Waals surface area contributed by atoms with E-state index < -0.39 is 6.10 Å². The Morgan fingerprint density at radius 3 is 2.64 bits per heavy atom. The highest BCUT2D eigenvalue weighted by Gasteiger charge is 2.20. The molecule has 25 heavy (non-hydrogen) atoms. The van der Waals surface area contributed by atoms with E-state index in [1.807, 2.05) is 51.1 Å². The van der Waals surface area contributed by atoms with Gasteiger partial charge < -0.3 is 9.84 Å². The van der Waals surface area contributed by atoms with Crippen molar-refractivity contribution in [2.45, 2.75) is 39.0 Å². The number of fused-ring (bicyclic) bond motifs is 1. The summed E-state index contributed by atoms with van der Waals surface area (Å²) in [7, 11) is 0. The van der Waals surface area contributed by atoms with E-state index in [4.69, 9.17) is 4.74 Å². The van der Waals surface area contributed by atoms with Crippen LogP contribution >= 0.6 is 0 Å². The van der Waals surface area contributed by atoms with Crippen molar-refractivity contribution in [3.63, 3.8) is 0 Å². The van der Waals surface area contributed by atoms with E-state index >= 15 is 0 Å². The molecule has 1 aromatic carbocycles. The monoisotopic (exact) mass is 342 g/mol. The molecule has 0 fully saturated rings. The molecule has 0 saturated carbocycles. The largest absolute Gasteiger partial charge is 0.491 e. The zero-order valence-corrected chi connectivity index (χ0v) is 14.6. The summed E-state index contributed by atoms with van der Waals surface area (Å²) >= 11 is 0. The summed E-state index contributed by atoms with van der Waals surface area (Å²) in [6.07, 6.45) is 2.15. The van der Waals surface area contributed by atoms with Crippen molar-refractivity contribution >= 4 is 11.0 Å². The van der Waals surface area contributed by atoms with Crippen LogP contribution in [-0.4, -0.2) is 37.1 Å². The summed E-state index contributed by atoms with van der Waals surface area (Å²) in [5.74, 6) is 0.675. The first kappa shape index (κ1) is 17.2. The van der Waals surface area contributed by atoms with Crippen LogP contribution in [0.5, 0.6) is 5.75 Å². The van der Waals surface area contributed by atoms with Crippen LogP contribution < -0.4 is 10.3 Å². The maximum atomic E-state index is 12.6. The van der Waals surface area contributed by atoms with Crippen LogP contribution in [0.15, 0.2) is 47.7 Å². The molecule has 2 heterocycles. The van der Waals surface area contributed by atoms with E-state index in [1.165, 1.54) is 17.1 Å². The molecule has 0 amide bonds. The van der Waals surface area contributed by atoms with Gasteiger partial charge >= 0.3 is 0 Å². The van der Waals surface area contributed by atoms with Gasteiger partial charge in [-0.15, -0.1) is 0 Å². The van der Waals surface area contributed by atoms with Crippen LogP contribution in [0.4, 0.5) is 0 Å². The van der Waals surface area contributed by atoms with E-state index in [0.29, 0.717) is 16.8 Å². The second kappa shape index (κ2) is 6.68. The predicted octanol–water partition coefficient (Wildman–Crippen LogP) is 1.79. The average molecular weight is 342 g/mol. The SMILES string of the molecule is CC(C)(C)n1ncc2c(=O)n(CC(O)COc3ccccc3)cnc21. The second-order valence-electron chi connectivity index (χ2n) is 6.94. The lowest BCUT2D eigenvalue weighted by Crippen LogP contribution is -2.31. The van der Waals surface area contributed by atoms with Gasteiger partial charge in [-0.2, -0.15) is 5.10 Å². The molecular weight excluding hydrogens is 320 g/mol. The Bertz CT molecular complexity index is 909. The number of rotatable bonds is 5. The van der Waals surface area contributed by atoms with Gasteiger partial charge in [0.05, 0.1) is 18.3 Å². The van der Waals surface area contributed by atoms with E-state index in [9.17, 15) is 9.90 Å². The lowest BCUT2D eigenvalue weighted by molar-refractivity contribution is 0.0914.